The second-order valence-electron chi connectivity index (χ2n) is 6.91. The van der Waals surface area contributed by atoms with E-state index in [9.17, 15) is 9.59 Å². The lowest BCUT2D eigenvalue weighted by Crippen LogP contribution is -2.45. The molecule has 3 atom stereocenters. The van der Waals surface area contributed by atoms with Crippen LogP contribution in [0.3, 0.4) is 0 Å². The molecule has 134 valence electrons. The molecule has 24 heavy (non-hydrogen) atoms. The van der Waals surface area contributed by atoms with Crippen LogP contribution in [0.15, 0.2) is 11.8 Å². The Labute approximate surface area is 143 Å². The van der Waals surface area contributed by atoms with Crippen molar-refractivity contribution in [3.63, 3.8) is 0 Å². The normalized spacial score (nSPS) is 31.0. The molecule has 0 bridgehead atoms. The van der Waals surface area contributed by atoms with Crippen molar-refractivity contribution in [2.75, 3.05) is 27.3 Å². The molecule has 0 amide bonds. The average Bonchev–Trinajstić information content (AvgIpc) is 3.29. The number of rotatable bonds is 4. The van der Waals surface area contributed by atoms with Crippen molar-refractivity contribution in [2.24, 2.45) is 0 Å². The van der Waals surface area contributed by atoms with Crippen LogP contribution < -0.4 is 0 Å². The molecule has 0 radical (unpaired) electrons. The predicted molar refractivity (Wildman–Crippen MR) is 89.2 cm³/mol. The summed E-state index contributed by atoms with van der Waals surface area (Å²) in [5.41, 5.74) is 1.25. The molecule has 2 aliphatic heterocycles. The molecular weight excluding hydrogens is 308 g/mol. The lowest BCUT2D eigenvalue weighted by molar-refractivity contribution is -0.146. The van der Waals surface area contributed by atoms with Crippen molar-refractivity contribution in [1.29, 1.82) is 0 Å². The Morgan fingerprint density at radius 1 is 0.958 bits per heavy atom. The first kappa shape index (κ1) is 17.3. The van der Waals surface area contributed by atoms with Gasteiger partial charge in [-0.05, 0) is 57.6 Å². The van der Waals surface area contributed by atoms with E-state index in [4.69, 9.17) is 9.47 Å². The Balaban J connectivity index is 1.75. The van der Waals surface area contributed by atoms with E-state index in [1.807, 2.05) is 0 Å². The molecule has 0 aromatic heterocycles. The van der Waals surface area contributed by atoms with Crippen molar-refractivity contribution < 1.29 is 19.1 Å². The lowest BCUT2D eigenvalue weighted by atomic mass is 9.96. The van der Waals surface area contributed by atoms with E-state index >= 15 is 0 Å². The Morgan fingerprint density at radius 2 is 1.62 bits per heavy atom. The Hall–Kier alpha value is -1.56. The van der Waals surface area contributed by atoms with Crippen molar-refractivity contribution in [3.05, 3.63) is 11.8 Å². The summed E-state index contributed by atoms with van der Waals surface area (Å²) >= 11 is 0. The van der Waals surface area contributed by atoms with Gasteiger partial charge in [0.15, 0.2) is 0 Å². The van der Waals surface area contributed by atoms with E-state index in [-0.39, 0.29) is 30.1 Å². The van der Waals surface area contributed by atoms with Crippen LogP contribution in [0.4, 0.5) is 0 Å². The Morgan fingerprint density at radius 3 is 2.38 bits per heavy atom. The van der Waals surface area contributed by atoms with Gasteiger partial charge in [-0.25, -0.2) is 4.79 Å². The van der Waals surface area contributed by atoms with Crippen LogP contribution in [0, 0.1) is 0 Å². The SMILES string of the molecule is COC(=O)[C@@H]1CCCN1C1=CC(N2CCC[C@H]2C(=O)OC)CCC1. The first-order valence-corrected chi connectivity index (χ1v) is 9.04. The maximum absolute atomic E-state index is 12.0. The van der Waals surface area contributed by atoms with E-state index < -0.39 is 0 Å². The van der Waals surface area contributed by atoms with Crippen molar-refractivity contribution in [2.45, 2.75) is 63.1 Å². The number of hydrogen-bond acceptors (Lipinski definition) is 6. The summed E-state index contributed by atoms with van der Waals surface area (Å²) in [5.74, 6) is -0.259. The third-order valence-corrected chi connectivity index (χ3v) is 5.61. The number of ether oxygens (including phenoxy) is 2. The molecule has 0 N–H and O–H groups in total. The molecule has 1 aliphatic carbocycles. The zero-order valence-corrected chi connectivity index (χ0v) is 14.7. The van der Waals surface area contributed by atoms with Crippen molar-refractivity contribution in [1.82, 2.24) is 9.80 Å². The number of hydrogen-bond donors (Lipinski definition) is 0. The van der Waals surface area contributed by atoms with Crippen LogP contribution in [0.5, 0.6) is 0 Å². The van der Waals surface area contributed by atoms with Crippen molar-refractivity contribution >= 4 is 11.9 Å². The summed E-state index contributed by atoms with van der Waals surface area (Å²) in [6.45, 7) is 1.85. The van der Waals surface area contributed by atoms with Crippen LogP contribution in [-0.4, -0.2) is 67.2 Å². The molecule has 2 fully saturated rings. The second kappa shape index (κ2) is 7.55. The molecule has 2 heterocycles. The highest BCUT2D eigenvalue weighted by molar-refractivity contribution is 5.76. The minimum absolute atomic E-state index is 0.120. The quantitative estimate of drug-likeness (QED) is 0.728. The fourth-order valence-electron chi connectivity index (χ4n) is 4.45. The van der Waals surface area contributed by atoms with E-state index in [0.29, 0.717) is 0 Å². The molecule has 3 rings (SSSR count). The first-order chi connectivity index (χ1) is 11.7. The third kappa shape index (κ3) is 3.29. The van der Waals surface area contributed by atoms with Gasteiger partial charge >= 0.3 is 11.9 Å². The summed E-state index contributed by atoms with van der Waals surface area (Å²) in [4.78, 5) is 28.6. The molecule has 6 heteroatoms. The monoisotopic (exact) mass is 336 g/mol. The third-order valence-electron chi connectivity index (χ3n) is 5.61. The number of allylic oxidation sites excluding steroid dienone is 1. The van der Waals surface area contributed by atoms with Gasteiger partial charge in [0.2, 0.25) is 0 Å². The van der Waals surface area contributed by atoms with Gasteiger partial charge in [0.1, 0.15) is 12.1 Å². The summed E-state index contributed by atoms with van der Waals surface area (Å²) in [5, 5.41) is 0. The fraction of sp³-hybridized carbons (Fsp3) is 0.778. The lowest BCUT2D eigenvalue weighted by Gasteiger charge is -2.36. The largest absolute Gasteiger partial charge is 0.468 e. The number of carbonyl (C=O) groups is 2. The van der Waals surface area contributed by atoms with Gasteiger partial charge in [-0.15, -0.1) is 0 Å². The van der Waals surface area contributed by atoms with Gasteiger partial charge in [0.05, 0.1) is 14.2 Å². The average molecular weight is 336 g/mol. The van der Waals surface area contributed by atoms with Gasteiger partial charge < -0.3 is 14.4 Å². The Bertz CT molecular complexity index is 519. The van der Waals surface area contributed by atoms with Crippen LogP contribution in [0.25, 0.3) is 0 Å². The molecule has 0 saturated carbocycles. The summed E-state index contributed by atoms with van der Waals surface area (Å²) < 4.78 is 9.94. The van der Waals surface area contributed by atoms with Gasteiger partial charge in [0, 0.05) is 18.3 Å². The molecule has 6 nitrogen and oxygen atoms in total. The predicted octanol–water partition coefficient (Wildman–Crippen LogP) is 1.70. The highest BCUT2D eigenvalue weighted by Gasteiger charge is 2.38. The Kier molecular flexibility index (Phi) is 5.43. The van der Waals surface area contributed by atoms with Crippen LogP contribution in [-0.2, 0) is 19.1 Å². The van der Waals surface area contributed by atoms with Crippen LogP contribution in [0.1, 0.15) is 44.9 Å². The summed E-state index contributed by atoms with van der Waals surface area (Å²) in [6, 6.07) is -0.000175. The number of esters is 2. The van der Waals surface area contributed by atoms with Gasteiger partial charge in [-0.2, -0.15) is 0 Å². The standard InChI is InChI=1S/C18H28N2O4/c1-23-17(21)15-8-4-10-19(15)13-6-3-7-14(12-13)20-11-5-9-16(20)18(22)24-2/h12-13,15-16H,3-11H2,1-2H3/t13?,15-,16-/m0/s1. The molecule has 0 spiro atoms. The summed E-state index contributed by atoms with van der Waals surface area (Å²) in [7, 11) is 2.92. The van der Waals surface area contributed by atoms with Crippen LogP contribution in [0.2, 0.25) is 0 Å². The minimum atomic E-state index is -0.144. The molecule has 1 unspecified atom stereocenters. The molecule has 3 aliphatic rings. The van der Waals surface area contributed by atoms with Crippen molar-refractivity contribution in [3.8, 4) is 0 Å². The number of likely N-dealkylation sites (tertiary alicyclic amines) is 2. The molecule has 0 aromatic rings. The van der Waals surface area contributed by atoms with E-state index in [1.54, 1.807) is 0 Å². The van der Waals surface area contributed by atoms with E-state index in [0.717, 1.165) is 58.0 Å². The molecular formula is C18H28N2O4. The molecule has 0 aromatic carbocycles. The van der Waals surface area contributed by atoms with E-state index in [2.05, 4.69) is 15.9 Å². The van der Waals surface area contributed by atoms with E-state index in [1.165, 1.54) is 19.9 Å². The zero-order valence-electron chi connectivity index (χ0n) is 14.7. The second-order valence-corrected chi connectivity index (χ2v) is 6.91. The van der Waals surface area contributed by atoms with Gasteiger partial charge in [-0.1, -0.05) is 0 Å². The minimum Gasteiger partial charge on any atom is -0.468 e. The van der Waals surface area contributed by atoms with Gasteiger partial charge in [0.25, 0.3) is 0 Å². The fourth-order valence-corrected chi connectivity index (χ4v) is 4.45. The number of methoxy groups -OCH3 is 2. The highest BCUT2D eigenvalue weighted by atomic mass is 16.5. The smallest absolute Gasteiger partial charge is 0.328 e. The number of carbonyl (C=O) groups excluding carboxylic acids is 2. The topological polar surface area (TPSA) is 59.1 Å². The zero-order chi connectivity index (χ0) is 17.1. The van der Waals surface area contributed by atoms with Crippen LogP contribution >= 0.6 is 0 Å². The highest BCUT2D eigenvalue weighted by Crippen LogP contribution is 2.33. The summed E-state index contributed by atoms with van der Waals surface area (Å²) in [6.07, 6.45) is 9.24. The maximum atomic E-state index is 12.0. The van der Waals surface area contributed by atoms with Gasteiger partial charge in [-0.3, -0.25) is 9.69 Å². The maximum Gasteiger partial charge on any atom is 0.328 e. The number of nitrogens with zero attached hydrogens (tertiary/aromatic N) is 2. The first-order valence-electron chi connectivity index (χ1n) is 9.04. The molecule has 2 saturated heterocycles.